The minimum absolute atomic E-state index is 0.0170. The number of carbonyl (C=O) groups is 1. The van der Waals surface area contributed by atoms with Crippen molar-refractivity contribution in [3.05, 3.63) is 65.5 Å². The van der Waals surface area contributed by atoms with Crippen LogP contribution in [0.1, 0.15) is 35.7 Å². The van der Waals surface area contributed by atoms with Gasteiger partial charge in [-0.1, -0.05) is 30.3 Å². The lowest BCUT2D eigenvalue weighted by molar-refractivity contribution is -0.122. The molecule has 2 aromatic rings. The first kappa shape index (κ1) is 14.7. The smallest absolute Gasteiger partial charge is 0.220 e. The van der Waals surface area contributed by atoms with E-state index in [0.717, 1.165) is 29.7 Å². The monoisotopic (exact) mass is 296 g/mol. The lowest BCUT2D eigenvalue weighted by atomic mass is 10.1. The first-order valence-electron chi connectivity index (χ1n) is 7.69. The molecule has 0 fully saturated rings. The third-order valence-corrected chi connectivity index (χ3v) is 4.08. The third kappa shape index (κ3) is 3.34. The summed E-state index contributed by atoms with van der Waals surface area (Å²) in [5.41, 5.74) is 3.16. The molecule has 114 valence electrons. The van der Waals surface area contributed by atoms with Crippen LogP contribution in [0.25, 0.3) is 0 Å². The highest BCUT2D eigenvalue weighted by Gasteiger charge is 2.31. The van der Waals surface area contributed by atoms with Crippen LogP contribution < -0.4 is 5.32 Å². The van der Waals surface area contributed by atoms with E-state index in [9.17, 15) is 9.90 Å². The van der Waals surface area contributed by atoms with Crippen LogP contribution in [0.2, 0.25) is 0 Å². The largest absolute Gasteiger partial charge is 0.390 e. The van der Waals surface area contributed by atoms with E-state index in [1.165, 1.54) is 0 Å². The molecule has 0 bridgehead atoms. The van der Waals surface area contributed by atoms with Gasteiger partial charge in [-0.2, -0.15) is 0 Å². The van der Waals surface area contributed by atoms with Crippen LogP contribution in [-0.2, 0) is 17.6 Å². The van der Waals surface area contributed by atoms with Crippen LogP contribution >= 0.6 is 0 Å². The zero-order valence-corrected chi connectivity index (χ0v) is 12.4. The van der Waals surface area contributed by atoms with Gasteiger partial charge in [-0.25, -0.2) is 0 Å². The van der Waals surface area contributed by atoms with Gasteiger partial charge in [-0.05, 0) is 36.1 Å². The van der Waals surface area contributed by atoms with Crippen LogP contribution in [0.15, 0.2) is 48.7 Å². The van der Waals surface area contributed by atoms with Crippen molar-refractivity contribution in [1.29, 1.82) is 0 Å². The molecule has 0 aliphatic heterocycles. The molecular formula is C18H20N2O2. The molecule has 0 saturated heterocycles. The van der Waals surface area contributed by atoms with Gasteiger partial charge >= 0.3 is 0 Å². The Morgan fingerprint density at radius 1 is 1.23 bits per heavy atom. The molecular weight excluding hydrogens is 276 g/mol. The van der Waals surface area contributed by atoms with Crippen molar-refractivity contribution in [2.45, 2.75) is 37.8 Å². The molecule has 1 amide bonds. The molecule has 0 radical (unpaired) electrons. The topological polar surface area (TPSA) is 62.2 Å². The average molecular weight is 296 g/mol. The third-order valence-electron chi connectivity index (χ3n) is 4.08. The Morgan fingerprint density at radius 3 is 2.86 bits per heavy atom. The minimum atomic E-state index is -0.530. The Balaban J connectivity index is 1.52. The van der Waals surface area contributed by atoms with Crippen molar-refractivity contribution in [2.75, 3.05) is 0 Å². The van der Waals surface area contributed by atoms with Gasteiger partial charge in [0.15, 0.2) is 0 Å². The molecule has 1 aromatic carbocycles. The predicted octanol–water partition coefficient (Wildman–Crippen LogP) is 2.18. The number of rotatable bonds is 5. The van der Waals surface area contributed by atoms with Gasteiger partial charge in [0.2, 0.25) is 5.91 Å². The molecule has 3 rings (SSSR count). The van der Waals surface area contributed by atoms with Crippen molar-refractivity contribution >= 4 is 5.91 Å². The second-order valence-corrected chi connectivity index (χ2v) is 5.69. The SMILES string of the molecule is O=C(CCCc1ccccn1)N[C@@H]1c2ccccc2C[C@@H]1O. The van der Waals surface area contributed by atoms with Crippen molar-refractivity contribution in [1.82, 2.24) is 10.3 Å². The summed E-state index contributed by atoms with van der Waals surface area (Å²) in [4.78, 5) is 16.4. The normalized spacial score (nSPS) is 19.7. The number of nitrogens with one attached hydrogen (secondary N) is 1. The number of aliphatic hydroxyl groups excluding tert-OH is 1. The minimum Gasteiger partial charge on any atom is -0.390 e. The Hall–Kier alpha value is -2.20. The number of carbonyl (C=O) groups excluding carboxylic acids is 1. The number of amides is 1. The molecule has 2 N–H and O–H groups in total. The first-order chi connectivity index (χ1) is 10.7. The van der Waals surface area contributed by atoms with Gasteiger partial charge in [0.05, 0.1) is 12.1 Å². The molecule has 1 aliphatic carbocycles. The van der Waals surface area contributed by atoms with E-state index in [-0.39, 0.29) is 11.9 Å². The first-order valence-corrected chi connectivity index (χ1v) is 7.69. The number of aromatic nitrogens is 1. The lowest BCUT2D eigenvalue weighted by Crippen LogP contribution is -2.33. The molecule has 0 saturated carbocycles. The Kier molecular flexibility index (Phi) is 4.49. The highest BCUT2D eigenvalue weighted by Crippen LogP contribution is 2.31. The van der Waals surface area contributed by atoms with Gasteiger partial charge < -0.3 is 10.4 Å². The maximum absolute atomic E-state index is 12.1. The second kappa shape index (κ2) is 6.71. The van der Waals surface area contributed by atoms with Gasteiger partial charge in [-0.15, -0.1) is 0 Å². The van der Waals surface area contributed by atoms with Gasteiger partial charge in [0.25, 0.3) is 0 Å². The summed E-state index contributed by atoms with van der Waals surface area (Å²) in [6, 6.07) is 13.4. The summed E-state index contributed by atoms with van der Waals surface area (Å²) < 4.78 is 0. The van der Waals surface area contributed by atoms with Crippen LogP contribution in [0.3, 0.4) is 0 Å². The Morgan fingerprint density at radius 2 is 2.05 bits per heavy atom. The van der Waals surface area contributed by atoms with Crippen LogP contribution in [0, 0.1) is 0 Å². The molecule has 1 heterocycles. The number of benzene rings is 1. The molecule has 1 aromatic heterocycles. The van der Waals surface area contributed by atoms with E-state index in [0.29, 0.717) is 12.8 Å². The number of hydrogen-bond acceptors (Lipinski definition) is 3. The number of pyridine rings is 1. The number of aryl methyl sites for hydroxylation is 1. The number of nitrogens with zero attached hydrogens (tertiary/aromatic N) is 1. The molecule has 4 nitrogen and oxygen atoms in total. The summed E-state index contributed by atoms with van der Waals surface area (Å²) in [6.45, 7) is 0. The van der Waals surface area contributed by atoms with E-state index < -0.39 is 6.10 Å². The van der Waals surface area contributed by atoms with E-state index in [1.54, 1.807) is 6.20 Å². The predicted molar refractivity (Wildman–Crippen MR) is 84.2 cm³/mol. The summed E-state index contributed by atoms with van der Waals surface area (Å²) in [6.07, 6.45) is 3.83. The fourth-order valence-corrected chi connectivity index (χ4v) is 2.97. The quantitative estimate of drug-likeness (QED) is 0.889. The summed E-state index contributed by atoms with van der Waals surface area (Å²) in [5.74, 6) is -0.0170. The average Bonchev–Trinajstić information content (AvgIpc) is 2.84. The number of aliphatic hydroxyl groups is 1. The summed E-state index contributed by atoms with van der Waals surface area (Å²) in [7, 11) is 0. The summed E-state index contributed by atoms with van der Waals surface area (Å²) in [5, 5.41) is 13.1. The molecule has 1 aliphatic rings. The highest BCUT2D eigenvalue weighted by molar-refractivity contribution is 5.76. The van der Waals surface area contributed by atoms with E-state index in [4.69, 9.17) is 0 Å². The molecule has 4 heteroatoms. The number of fused-ring (bicyclic) bond motifs is 1. The van der Waals surface area contributed by atoms with Crippen LogP contribution in [-0.4, -0.2) is 22.1 Å². The van der Waals surface area contributed by atoms with Crippen LogP contribution in [0.4, 0.5) is 0 Å². The second-order valence-electron chi connectivity index (χ2n) is 5.69. The zero-order valence-electron chi connectivity index (χ0n) is 12.4. The standard InChI is InChI=1S/C18H20N2O2/c21-16-12-13-6-1-2-9-15(13)18(16)20-17(22)10-5-8-14-7-3-4-11-19-14/h1-4,6-7,9,11,16,18,21H,5,8,10,12H2,(H,20,22)/t16-,18+/m0/s1. The lowest BCUT2D eigenvalue weighted by Gasteiger charge is -2.18. The van der Waals surface area contributed by atoms with E-state index >= 15 is 0 Å². The van der Waals surface area contributed by atoms with Crippen molar-refractivity contribution in [3.8, 4) is 0 Å². The maximum atomic E-state index is 12.1. The van der Waals surface area contributed by atoms with E-state index in [2.05, 4.69) is 10.3 Å². The van der Waals surface area contributed by atoms with Crippen molar-refractivity contribution in [2.24, 2.45) is 0 Å². The molecule has 22 heavy (non-hydrogen) atoms. The van der Waals surface area contributed by atoms with Gasteiger partial charge in [0.1, 0.15) is 0 Å². The van der Waals surface area contributed by atoms with Crippen molar-refractivity contribution < 1.29 is 9.90 Å². The van der Waals surface area contributed by atoms with Gasteiger partial charge in [-0.3, -0.25) is 9.78 Å². The Labute approximate surface area is 130 Å². The van der Waals surface area contributed by atoms with Crippen LogP contribution in [0.5, 0.6) is 0 Å². The maximum Gasteiger partial charge on any atom is 0.220 e. The molecule has 2 atom stereocenters. The van der Waals surface area contributed by atoms with E-state index in [1.807, 2.05) is 42.5 Å². The molecule has 0 unspecified atom stereocenters. The van der Waals surface area contributed by atoms with Crippen molar-refractivity contribution in [3.63, 3.8) is 0 Å². The Bertz CT molecular complexity index is 643. The summed E-state index contributed by atoms with van der Waals surface area (Å²) >= 11 is 0. The zero-order chi connectivity index (χ0) is 15.4. The molecule has 0 spiro atoms. The number of hydrogen-bond donors (Lipinski definition) is 2. The highest BCUT2D eigenvalue weighted by atomic mass is 16.3. The van der Waals surface area contributed by atoms with Gasteiger partial charge in [0, 0.05) is 24.7 Å². The fourth-order valence-electron chi connectivity index (χ4n) is 2.97. The fraction of sp³-hybridized carbons (Fsp3) is 0.333.